The number of halogens is 1. The molecule has 3 N–H and O–H groups in total. The first-order valence-corrected chi connectivity index (χ1v) is 5.86. The Kier molecular flexibility index (Phi) is 3.33. The van der Waals surface area contributed by atoms with Gasteiger partial charge in [0, 0.05) is 10.4 Å². The van der Waals surface area contributed by atoms with E-state index < -0.39 is 0 Å². The van der Waals surface area contributed by atoms with Crippen LogP contribution in [0, 0.1) is 12.7 Å². The fraction of sp³-hybridized carbons (Fsp3) is 0.167. The van der Waals surface area contributed by atoms with E-state index in [9.17, 15) is 4.39 Å². The molecular formula is C12H13FN2S. The summed E-state index contributed by atoms with van der Waals surface area (Å²) in [6, 6.07) is 8.36. The molecule has 1 aromatic heterocycles. The molecule has 0 saturated carbocycles. The second-order valence-corrected chi connectivity index (χ2v) is 4.67. The Balaban J connectivity index is 2.45. The smallest absolute Gasteiger partial charge is 0.128 e. The summed E-state index contributed by atoms with van der Waals surface area (Å²) in [5.74, 6) is 5.28. The molecule has 0 aliphatic rings. The lowest BCUT2D eigenvalue weighted by Gasteiger charge is -2.17. The molecule has 0 aliphatic carbocycles. The van der Waals surface area contributed by atoms with E-state index >= 15 is 0 Å². The Morgan fingerprint density at radius 1 is 1.25 bits per heavy atom. The van der Waals surface area contributed by atoms with Crippen LogP contribution in [-0.2, 0) is 0 Å². The van der Waals surface area contributed by atoms with E-state index in [-0.39, 0.29) is 11.9 Å². The molecule has 1 atom stereocenters. The van der Waals surface area contributed by atoms with Gasteiger partial charge >= 0.3 is 0 Å². The van der Waals surface area contributed by atoms with Gasteiger partial charge in [-0.25, -0.2) is 9.82 Å². The van der Waals surface area contributed by atoms with Crippen LogP contribution in [0.1, 0.15) is 22.0 Å². The molecule has 0 saturated heterocycles. The van der Waals surface area contributed by atoms with Crippen LogP contribution in [-0.4, -0.2) is 0 Å². The summed E-state index contributed by atoms with van der Waals surface area (Å²) >= 11 is 1.63. The molecule has 0 spiro atoms. The van der Waals surface area contributed by atoms with Crippen LogP contribution in [0.3, 0.4) is 0 Å². The molecule has 4 heteroatoms. The lowest BCUT2D eigenvalue weighted by Crippen LogP contribution is -2.29. The van der Waals surface area contributed by atoms with Gasteiger partial charge in [-0.2, -0.15) is 0 Å². The summed E-state index contributed by atoms with van der Waals surface area (Å²) in [5.41, 5.74) is 4.27. The first-order chi connectivity index (χ1) is 7.74. The van der Waals surface area contributed by atoms with Gasteiger partial charge in [0.1, 0.15) is 5.82 Å². The molecule has 0 aliphatic heterocycles. The molecule has 2 nitrogen and oxygen atoms in total. The van der Waals surface area contributed by atoms with Crippen molar-refractivity contribution < 1.29 is 4.39 Å². The van der Waals surface area contributed by atoms with Crippen LogP contribution in [0.4, 0.5) is 4.39 Å². The molecule has 1 aromatic carbocycles. The maximum atomic E-state index is 13.7. The zero-order valence-corrected chi connectivity index (χ0v) is 9.72. The van der Waals surface area contributed by atoms with Crippen LogP contribution in [0.25, 0.3) is 0 Å². The van der Waals surface area contributed by atoms with Gasteiger partial charge in [0.15, 0.2) is 0 Å². The monoisotopic (exact) mass is 236 g/mol. The van der Waals surface area contributed by atoms with E-state index in [2.05, 4.69) is 5.43 Å². The Bertz CT molecular complexity index is 481. The van der Waals surface area contributed by atoms with E-state index in [4.69, 9.17) is 5.84 Å². The van der Waals surface area contributed by atoms with Crippen molar-refractivity contribution in [2.75, 3.05) is 0 Å². The van der Waals surface area contributed by atoms with Crippen molar-refractivity contribution in [1.82, 2.24) is 5.43 Å². The molecule has 16 heavy (non-hydrogen) atoms. The van der Waals surface area contributed by atoms with Crippen LogP contribution < -0.4 is 11.3 Å². The first kappa shape index (κ1) is 11.3. The topological polar surface area (TPSA) is 38.0 Å². The minimum Gasteiger partial charge on any atom is -0.271 e. The highest BCUT2D eigenvalue weighted by Gasteiger charge is 2.18. The fourth-order valence-electron chi connectivity index (χ4n) is 1.75. The predicted octanol–water partition coefficient (Wildman–Crippen LogP) is 2.75. The molecular weight excluding hydrogens is 223 g/mol. The zero-order chi connectivity index (χ0) is 11.5. The Morgan fingerprint density at radius 3 is 2.56 bits per heavy atom. The summed E-state index contributed by atoms with van der Waals surface area (Å²) in [4.78, 5) is 1.14. The SMILES string of the molecule is Cc1sccc1C(NN)c1ccccc1F. The molecule has 0 amide bonds. The molecule has 2 rings (SSSR count). The molecule has 1 heterocycles. The summed E-state index contributed by atoms with van der Waals surface area (Å²) in [7, 11) is 0. The van der Waals surface area contributed by atoms with Crippen LogP contribution >= 0.6 is 11.3 Å². The van der Waals surface area contributed by atoms with Crippen LogP contribution in [0.2, 0.25) is 0 Å². The number of benzene rings is 1. The van der Waals surface area contributed by atoms with Crippen molar-refractivity contribution in [3.05, 3.63) is 57.5 Å². The normalized spacial score (nSPS) is 12.7. The lowest BCUT2D eigenvalue weighted by atomic mass is 10.00. The van der Waals surface area contributed by atoms with E-state index in [1.54, 1.807) is 23.5 Å². The van der Waals surface area contributed by atoms with Gasteiger partial charge in [-0.3, -0.25) is 5.84 Å². The lowest BCUT2D eigenvalue weighted by molar-refractivity contribution is 0.560. The molecule has 1 unspecified atom stereocenters. The largest absolute Gasteiger partial charge is 0.271 e. The maximum Gasteiger partial charge on any atom is 0.128 e. The number of hydrogen-bond donors (Lipinski definition) is 2. The number of hydrogen-bond acceptors (Lipinski definition) is 3. The third-order valence-electron chi connectivity index (χ3n) is 2.59. The fourth-order valence-corrected chi connectivity index (χ4v) is 2.49. The molecule has 0 bridgehead atoms. The Morgan fingerprint density at radius 2 is 2.00 bits per heavy atom. The van der Waals surface area contributed by atoms with Gasteiger partial charge in [0.2, 0.25) is 0 Å². The summed E-state index contributed by atoms with van der Waals surface area (Å²) in [5, 5.41) is 1.98. The predicted molar refractivity (Wildman–Crippen MR) is 64.6 cm³/mol. The Hall–Kier alpha value is -1.23. The molecule has 0 fully saturated rings. The second-order valence-electron chi connectivity index (χ2n) is 3.55. The third-order valence-corrected chi connectivity index (χ3v) is 3.45. The minimum absolute atomic E-state index is 0.240. The van der Waals surface area contributed by atoms with Gasteiger partial charge in [0.25, 0.3) is 0 Å². The highest BCUT2D eigenvalue weighted by molar-refractivity contribution is 7.10. The van der Waals surface area contributed by atoms with Crippen molar-refractivity contribution >= 4 is 11.3 Å². The first-order valence-electron chi connectivity index (χ1n) is 4.98. The van der Waals surface area contributed by atoms with Gasteiger partial charge in [-0.05, 0) is 30.0 Å². The number of rotatable bonds is 3. The van der Waals surface area contributed by atoms with Gasteiger partial charge in [-0.1, -0.05) is 18.2 Å². The number of nitrogens with two attached hydrogens (primary N) is 1. The van der Waals surface area contributed by atoms with Crippen molar-refractivity contribution in [2.45, 2.75) is 13.0 Å². The van der Waals surface area contributed by atoms with Crippen molar-refractivity contribution in [2.24, 2.45) is 5.84 Å². The summed E-state index contributed by atoms with van der Waals surface area (Å²) in [6.45, 7) is 2.01. The van der Waals surface area contributed by atoms with Crippen molar-refractivity contribution in [3.8, 4) is 0 Å². The summed E-state index contributed by atoms with van der Waals surface area (Å²) in [6.07, 6.45) is 0. The van der Waals surface area contributed by atoms with E-state index in [0.717, 1.165) is 10.4 Å². The molecule has 2 aromatic rings. The van der Waals surface area contributed by atoms with Gasteiger partial charge in [0.05, 0.1) is 6.04 Å². The average molecular weight is 236 g/mol. The third kappa shape index (κ3) is 2.00. The average Bonchev–Trinajstić information content (AvgIpc) is 2.69. The number of aryl methyl sites for hydroxylation is 1. The van der Waals surface area contributed by atoms with Crippen LogP contribution in [0.15, 0.2) is 35.7 Å². The van der Waals surface area contributed by atoms with Gasteiger partial charge < -0.3 is 0 Å². The van der Waals surface area contributed by atoms with E-state index in [1.165, 1.54) is 6.07 Å². The summed E-state index contributed by atoms with van der Waals surface area (Å²) < 4.78 is 13.7. The zero-order valence-electron chi connectivity index (χ0n) is 8.91. The number of thiophene rings is 1. The van der Waals surface area contributed by atoms with Crippen molar-refractivity contribution in [3.63, 3.8) is 0 Å². The standard InChI is InChI=1S/C12H13FN2S/c1-8-9(6-7-16-8)12(15-14)10-4-2-3-5-11(10)13/h2-7,12,15H,14H2,1H3. The second kappa shape index (κ2) is 4.74. The highest BCUT2D eigenvalue weighted by atomic mass is 32.1. The Labute approximate surface area is 97.9 Å². The molecule has 0 radical (unpaired) electrons. The van der Waals surface area contributed by atoms with Gasteiger partial charge in [-0.15, -0.1) is 11.3 Å². The minimum atomic E-state index is -0.285. The van der Waals surface area contributed by atoms with E-state index in [0.29, 0.717) is 5.56 Å². The quantitative estimate of drug-likeness (QED) is 0.635. The van der Waals surface area contributed by atoms with Crippen molar-refractivity contribution in [1.29, 1.82) is 0 Å². The highest BCUT2D eigenvalue weighted by Crippen LogP contribution is 2.28. The number of hydrazine groups is 1. The molecule has 84 valence electrons. The van der Waals surface area contributed by atoms with Crippen LogP contribution in [0.5, 0.6) is 0 Å². The maximum absolute atomic E-state index is 13.7. The number of nitrogens with one attached hydrogen (secondary N) is 1. The van der Waals surface area contributed by atoms with E-state index in [1.807, 2.05) is 24.4 Å².